The van der Waals surface area contributed by atoms with Crippen molar-refractivity contribution in [1.29, 1.82) is 0 Å². The molecule has 2 aromatic heterocycles. The molecular formula is C15H9BrFN3OS. The predicted octanol–water partition coefficient (Wildman–Crippen LogP) is 4.36. The molecule has 3 aromatic rings. The lowest BCUT2D eigenvalue weighted by Crippen LogP contribution is -2.11. The quantitative estimate of drug-likeness (QED) is 0.737. The molecule has 2 heterocycles. The normalized spacial score (nSPS) is 10.5. The number of hydrogen-bond donors (Lipinski definition) is 1. The van der Waals surface area contributed by atoms with Gasteiger partial charge in [0.05, 0.1) is 11.3 Å². The zero-order chi connectivity index (χ0) is 15.5. The lowest BCUT2D eigenvalue weighted by Gasteiger charge is -2.01. The molecule has 22 heavy (non-hydrogen) atoms. The van der Waals surface area contributed by atoms with E-state index in [1.165, 1.54) is 29.7 Å². The molecule has 0 aliphatic heterocycles. The summed E-state index contributed by atoms with van der Waals surface area (Å²) in [5, 5.41) is 4.92. The molecule has 0 aliphatic rings. The maximum absolute atomic E-state index is 13.2. The van der Waals surface area contributed by atoms with E-state index < -0.39 is 0 Å². The summed E-state index contributed by atoms with van der Waals surface area (Å²) in [5.74, 6) is -0.620. The SMILES string of the molecule is O=C(Nc1nc(-c2cccc(F)c2)cs1)c1cncc(Br)c1. The molecule has 0 spiro atoms. The third-order valence-corrected chi connectivity index (χ3v) is 4.00. The van der Waals surface area contributed by atoms with Crippen molar-refractivity contribution in [2.45, 2.75) is 0 Å². The highest BCUT2D eigenvalue weighted by Crippen LogP contribution is 2.25. The summed E-state index contributed by atoms with van der Waals surface area (Å²) in [6.45, 7) is 0. The molecule has 1 N–H and O–H groups in total. The Morgan fingerprint density at radius 1 is 1.27 bits per heavy atom. The van der Waals surface area contributed by atoms with E-state index in [4.69, 9.17) is 0 Å². The highest BCUT2D eigenvalue weighted by Gasteiger charge is 2.11. The Balaban J connectivity index is 1.78. The Bertz CT molecular complexity index is 837. The topological polar surface area (TPSA) is 54.9 Å². The summed E-state index contributed by atoms with van der Waals surface area (Å²) in [6.07, 6.45) is 3.07. The van der Waals surface area contributed by atoms with Gasteiger partial charge in [-0.2, -0.15) is 0 Å². The molecule has 3 rings (SSSR count). The maximum atomic E-state index is 13.2. The number of pyridine rings is 1. The molecule has 7 heteroatoms. The van der Waals surface area contributed by atoms with Crippen LogP contribution in [0.25, 0.3) is 11.3 Å². The minimum Gasteiger partial charge on any atom is -0.298 e. The molecule has 0 saturated heterocycles. The van der Waals surface area contributed by atoms with Crippen LogP contribution in [0.3, 0.4) is 0 Å². The lowest BCUT2D eigenvalue weighted by atomic mass is 10.2. The van der Waals surface area contributed by atoms with Gasteiger partial charge in [0, 0.05) is 27.8 Å². The van der Waals surface area contributed by atoms with Crippen LogP contribution in [0.4, 0.5) is 9.52 Å². The van der Waals surface area contributed by atoms with Crippen molar-refractivity contribution in [2.75, 3.05) is 5.32 Å². The van der Waals surface area contributed by atoms with E-state index in [1.54, 1.807) is 29.8 Å². The van der Waals surface area contributed by atoms with Crippen LogP contribution in [-0.4, -0.2) is 15.9 Å². The van der Waals surface area contributed by atoms with Crippen LogP contribution < -0.4 is 5.32 Å². The second-order valence-electron chi connectivity index (χ2n) is 4.39. The van der Waals surface area contributed by atoms with Gasteiger partial charge in [-0.15, -0.1) is 11.3 Å². The lowest BCUT2D eigenvalue weighted by molar-refractivity contribution is 0.102. The van der Waals surface area contributed by atoms with Gasteiger partial charge >= 0.3 is 0 Å². The Kier molecular flexibility index (Phi) is 4.26. The molecule has 0 fully saturated rings. The van der Waals surface area contributed by atoms with E-state index in [9.17, 15) is 9.18 Å². The Morgan fingerprint density at radius 2 is 2.14 bits per heavy atom. The van der Waals surface area contributed by atoms with Crippen molar-refractivity contribution in [2.24, 2.45) is 0 Å². The fourth-order valence-electron chi connectivity index (χ4n) is 1.82. The van der Waals surface area contributed by atoms with E-state index in [-0.39, 0.29) is 11.7 Å². The number of nitrogens with one attached hydrogen (secondary N) is 1. The van der Waals surface area contributed by atoms with Crippen molar-refractivity contribution in [3.05, 3.63) is 64.0 Å². The monoisotopic (exact) mass is 377 g/mol. The van der Waals surface area contributed by atoms with Gasteiger partial charge in [-0.05, 0) is 34.1 Å². The van der Waals surface area contributed by atoms with Crippen LogP contribution in [0.5, 0.6) is 0 Å². The predicted molar refractivity (Wildman–Crippen MR) is 87.4 cm³/mol. The summed E-state index contributed by atoms with van der Waals surface area (Å²) < 4.78 is 13.9. The minimum atomic E-state index is -0.323. The first-order chi connectivity index (χ1) is 10.6. The zero-order valence-corrected chi connectivity index (χ0v) is 13.5. The molecule has 1 amide bonds. The number of thiazole rings is 1. The summed E-state index contributed by atoms with van der Waals surface area (Å²) >= 11 is 4.55. The van der Waals surface area contributed by atoms with Crippen LogP contribution in [0, 0.1) is 5.82 Å². The summed E-state index contributed by atoms with van der Waals surface area (Å²) in [7, 11) is 0. The Morgan fingerprint density at radius 3 is 2.91 bits per heavy atom. The van der Waals surface area contributed by atoms with Gasteiger partial charge in [0.2, 0.25) is 0 Å². The first-order valence-corrected chi connectivity index (χ1v) is 7.92. The molecule has 0 unspecified atom stereocenters. The molecule has 0 radical (unpaired) electrons. The third-order valence-electron chi connectivity index (χ3n) is 2.81. The second kappa shape index (κ2) is 6.33. The number of hydrogen-bond acceptors (Lipinski definition) is 4. The molecule has 110 valence electrons. The van der Waals surface area contributed by atoms with Gasteiger partial charge in [0.1, 0.15) is 5.82 Å². The number of carbonyl (C=O) groups is 1. The van der Waals surface area contributed by atoms with Gasteiger partial charge in [-0.3, -0.25) is 15.1 Å². The highest BCUT2D eigenvalue weighted by atomic mass is 79.9. The van der Waals surface area contributed by atoms with Crippen LogP contribution in [0.1, 0.15) is 10.4 Å². The molecule has 0 aliphatic carbocycles. The standard InChI is InChI=1S/C15H9BrFN3OS/c16-11-4-10(6-18-7-11)14(21)20-15-19-13(8-22-15)9-2-1-3-12(17)5-9/h1-8H,(H,19,20,21). The van der Waals surface area contributed by atoms with Crippen molar-refractivity contribution in [3.63, 3.8) is 0 Å². The van der Waals surface area contributed by atoms with E-state index in [1.807, 2.05) is 0 Å². The second-order valence-corrected chi connectivity index (χ2v) is 6.17. The number of aromatic nitrogens is 2. The molecular weight excluding hydrogens is 369 g/mol. The minimum absolute atomic E-state index is 0.297. The van der Waals surface area contributed by atoms with Crippen molar-refractivity contribution in [1.82, 2.24) is 9.97 Å². The van der Waals surface area contributed by atoms with Crippen LogP contribution in [0.15, 0.2) is 52.6 Å². The molecule has 1 aromatic carbocycles. The van der Waals surface area contributed by atoms with Crippen LogP contribution >= 0.6 is 27.3 Å². The smallest absolute Gasteiger partial charge is 0.259 e. The average molecular weight is 378 g/mol. The van der Waals surface area contributed by atoms with Crippen molar-refractivity contribution >= 4 is 38.3 Å². The van der Waals surface area contributed by atoms with E-state index in [2.05, 4.69) is 31.2 Å². The first-order valence-electron chi connectivity index (χ1n) is 6.25. The number of amides is 1. The number of benzene rings is 1. The molecule has 0 atom stereocenters. The number of halogens is 2. The Labute approximate surface area is 138 Å². The fourth-order valence-corrected chi connectivity index (χ4v) is 2.90. The van der Waals surface area contributed by atoms with Crippen molar-refractivity contribution in [3.8, 4) is 11.3 Å². The largest absolute Gasteiger partial charge is 0.298 e. The number of nitrogens with zero attached hydrogens (tertiary/aromatic N) is 2. The van der Waals surface area contributed by atoms with Gasteiger partial charge in [0.15, 0.2) is 5.13 Å². The third kappa shape index (κ3) is 3.37. The number of rotatable bonds is 3. The highest BCUT2D eigenvalue weighted by molar-refractivity contribution is 9.10. The average Bonchev–Trinajstić information content (AvgIpc) is 2.96. The molecule has 0 bridgehead atoms. The molecule has 4 nitrogen and oxygen atoms in total. The summed E-state index contributed by atoms with van der Waals surface area (Å²) in [5.41, 5.74) is 1.71. The van der Waals surface area contributed by atoms with Crippen LogP contribution in [0.2, 0.25) is 0 Å². The molecule has 0 saturated carbocycles. The van der Waals surface area contributed by atoms with E-state index in [0.29, 0.717) is 22.0 Å². The van der Waals surface area contributed by atoms with E-state index >= 15 is 0 Å². The zero-order valence-electron chi connectivity index (χ0n) is 11.1. The van der Waals surface area contributed by atoms with Gasteiger partial charge in [-0.25, -0.2) is 9.37 Å². The Hall–Kier alpha value is -2.12. The van der Waals surface area contributed by atoms with Crippen molar-refractivity contribution < 1.29 is 9.18 Å². The van der Waals surface area contributed by atoms with E-state index in [0.717, 1.165) is 4.47 Å². The number of anilines is 1. The van der Waals surface area contributed by atoms with Gasteiger partial charge in [0.25, 0.3) is 5.91 Å². The fraction of sp³-hybridized carbons (Fsp3) is 0. The maximum Gasteiger partial charge on any atom is 0.259 e. The van der Waals surface area contributed by atoms with Gasteiger partial charge < -0.3 is 0 Å². The van der Waals surface area contributed by atoms with Gasteiger partial charge in [-0.1, -0.05) is 12.1 Å². The first kappa shape index (κ1) is 14.8. The summed E-state index contributed by atoms with van der Waals surface area (Å²) in [6, 6.07) is 7.83. The summed E-state index contributed by atoms with van der Waals surface area (Å²) in [4.78, 5) is 20.3. The van der Waals surface area contributed by atoms with Crippen LogP contribution in [-0.2, 0) is 0 Å². The number of carbonyl (C=O) groups excluding carboxylic acids is 1.